The van der Waals surface area contributed by atoms with E-state index in [2.05, 4.69) is 0 Å². The van der Waals surface area contributed by atoms with Crippen LogP contribution in [0.1, 0.15) is 12.8 Å². The van der Waals surface area contributed by atoms with Crippen molar-refractivity contribution in [3.8, 4) is 0 Å². The lowest BCUT2D eigenvalue weighted by molar-refractivity contribution is -0.440. The van der Waals surface area contributed by atoms with Gasteiger partial charge in [-0.3, -0.25) is 4.79 Å². The highest BCUT2D eigenvalue weighted by Crippen LogP contribution is 2.60. The third kappa shape index (κ3) is 7.89. The summed E-state index contributed by atoms with van der Waals surface area (Å²) in [7, 11) is 0. The number of aliphatic hydroxyl groups is 8. The van der Waals surface area contributed by atoms with E-state index in [0.29, 0.717) is 0 Å². The number of halogens is 13. The third-order valence-corrected chi connectivity index (χ3v) is 6.60. The fourth-order valence-electron chi connectivity index (χ4n) is 3.76. The molecule has 0 aliphatic carbocycles. The summed E-state index contributed by atoms with van der Waals surface area (Å²) in [5.41, 5.74) is 0. The van der Waals surface area contributed by atoms with Gasteiger partial charge in [0.05, 0.1) is 13.2 Å². The zero-order chi connectivity index (χ0) is 36.4. The highest BCUT2D eigenvalue weighted by Gasteiger charge is 2.90. The Morgan fingerprint density at radius 1 is 0.761 bits per heavy atom. The molecule has 1 rings (SSSR count). The normalized spacial score (nSPS) is 26.8. The van der Waals surface area contributed by atoms with Crippen LogP contribution in [0.4, 0.5) is 57.1 Å². The summed E-state index contributed by atoms with van der Waals surface area (Å²) in [5, 5.41) is 79.5. The first-order chi connectivity index (χ1) is 20.6. The summed E-state index contributed by atoms with van der Waals surface area (Å²) in [6.07, 6.45) is -32.1. The van der Waals surface area contributed by atoms with Crippen LogP contribution in [0.3, 0.4) is 0 Å². The first-order valence-electron chi connectivity index (χ1n) is 12.4. The maximum Gasteiger partial charge on any atom is 0.460 e. The van der Waals surface area contributed by atoms with Gasteiger partial charge in [0, 0.05) is 13.0 Å². The Morgan fingerprint density at radius 2 is 1.26 bits per heavy atom. The molecule has 46 heavy (non-hydrogen) atoms. The third-order valence-electron chi connectivity index (χ3n) is 6.60. The minimum absolute atomic E-state index is 1.00. The standard InChI is InChI=1S/C21H28F13NO11/c22-16(23,17(24,25)18(26,27)19(28,29)20(30,31)21(32,33)34)2-1-3-35-14(44)11(42)10(41)13(6(38)4-36)46-15-12(43)9(40)8(39)7(5-37)45-15/h6-13,15,36-43H,1-5H2,(H,35,44)/t6-,7-,8+,9+,10-,11-,12-,13-,15+/m1/s1. The van der Waals surface area contributed by atoms with Gasteiger partial charge in [-0.25, -0.2) is 0 Å². The number of ether oxygens (including phenoxy) is 2. The predicted molar refractivity (Wildman–Crippen MR) is 117 cm³/mol. The molecular formula is C21H28F13NO11. The van der Waals surface area contributed by atoms with Gasteiger partial charge >= 0.3 is 35.8 Å². The van der Waals surface area contributed by atoms with Crippen LogP contribution in [0.2, 0.25) is 0 Å². The molecule has 1 saturated heterocycles. The van der Waals surface area contributed by atoms with Crippen molar-refractivity contribution in [1.82, 2.24) is 5.32 Å². The maximum absolute atomic E-state index is 13.9. The second-order valence-electron chi connectivity index (χ2n) is 9.88. The van der Waals surface area contributed by atoms with Gasteiger partial charge < -0.3 is 55.6 Å². The number of carbonyl (C=O) groups excluding carboxylic acids is 1. The molecule has 1 aliphatic rings. The summed E-state index contributed by atoms with van der Waals surface area (Å²) in [5.74, 6) is -39.8. The molecule has 0 aromatic rings. The quantitative estimate of drug-likeness (QED) is 0.0691. The number of nitrogens with one attached hydrogen (secondary N) is 1. The highest BCUT2D eigenvalue weighted by atomic mass is 19.4. The Labute approximate surface area is 247 Å². The van der Waals surface area contributed by atoms with Crippen molar-refractivity contribution < 1.29 is 112 Å². The first kappa shape index (κ1) is 42.2. The largest absolute Gasteiger partial charge is 0.460 e. The average Bonchev–Trinajstić information content (AvgIpc) is 2.95. The van der Waals surface area contributed by atoms with Crippen molar-refractivity contribution in [2.24, 2.45) is 0 Å². The van der Waals surface area contributed by atoms with Crippen LogP contribution in [-0.2, 0) is 14.3 Å². The summed E-state index contributed by atoms with van der Waals surface area (Å²) >= 11 is 0. The van der Waals surface area contributed by atoms with Crippen molar-refractivity contribution >= 4 is 5.91 Å². The Balaban J connectivity index is 2.96. The second-order valence-corrected chi connectivity index (χ2v) is 9.88. The second kappa shape index (κ2) is 14.7. The molecule has 9 atom stereocenters. The lowest BCUT2D eigenvalue weighted by atomic mass is 9.92. The summed E-state index contributed by atoms with van der Waals surface area (Å²) in [4.78, 5) is 12.1. The molecule has 0 spiro atoms. The fraction of sp³-hybridized carbons (Fsp3) is 0.952. The molecule has 0 aromatic carbocycles. The van der Waals surface area contributed by atoms with Gasteiger partial charge in [-0.05, 0) is 6.42 Å². The van der Waals surface area contributed by atoms with Gasteiger partial charge in [0.25, 0.3) is 5.91 Å². The highest BCUT2D eigenvalue weighted by molar-refractivity contribution is 5.81. The smallest absolute Gasteiger partial charge is 0.394 e. The van der Waals surface area contributed by atoms with Crippen LogP contribution in [0, 0.1) is 0 Å². The Hall–Kier alpha value is -1.84. The molecule has 274 valence electrons. The van der Waals surface area contributed by atoms with Gasteiger partial charge in [-0.2, -0.15) is 57.1 Å². The first-order valence-corrected chi connectivity index (χ1v) is 12.4. The van der Waals surface area contributed by atoms with E-state index in [9.17, 15) is 103 Å². The molecule has 0 bridgehead atoms. The molecule has 1 aliphatic heterocycles. The fourth-order valence-corrected chi connectivity index (χ4v) is 3.76. The Morgan fingerprint density at radius 3 is 1.72 bits per heavy atom. The van der Waals surface area contributed by atoms with Crippen molar-refractivity contribution in [3.05, 3.63) is 0 Å². The van der Waals surface area contributed by atoms with E-state index in [-0.39, 0.29) is 0 Å². The van der Waals surface area contributed by atoms with Crippen LogP contribution in [0.25, 0.3) is 0 Å². The monoisotopic (exact) mass is 717 g/mol. The minimum atomic E-state index is -8.09. The van der Waals surface area contributed by atoms with E-state index in [1.165, 1.54) is 5.32 Å². The van der Waals surface area contributed by atoms with Crippen LogP contribution >= 0.6 is 0 Å². The van der Waals surface area contributed by atoms with E-state index in [1.54, 1.807) is 0 Å². The van der Waals surface area contributed by atoms with Crippen LogP contribution in [0.5, 0.6) is 0 Å². The topological polar surface area (TPSA) is 209 Å². The Bertz CT molecular complexity index is 1010. The number of carbonyl (C=O) groups is 1. The molecule has 0 saturated carbocycles. The zero-order valence-corrected chi connectivity index (χ0v) is 22.4. The van der Waals surface area contributed by atoms with Crippen molar-refractivity contribution in [1.29, 1.82) is 0 Å². The molecule has 1 amide bonds. The number of hydrogen-bond acceptors (Lipinski definition) is 11. The van der Waals surface area contributed by atoms with Gasteiger partial charge in [-0.15, -0.1) is 0 Å². The molecule has 12 nitrogen and oxygen atoms in total. The van der Waals surface area contributed by atoms with Gasteiger partial charge in [0.15, 0.2) is 12.4 Å². The summed E-state index contributed by atoms with van der Waals surface area (Å²) in [6, 6.07) is 0. The number of aliphatic hydroxyl groups excluding tert-OH is 8. The molecule has 25 heteroatoms. The molecule has 0 radical (unpaired) electrons. The summed E-state index contributed by atoms with van der Waals surface area (Å²) in [6.45, 7) is -3.71. The molecular weight excluding hydrogens is 689 g/mol. The number of rotatable bonds is 16. The van der Waals surface area contributed by atoms with Gasteiger partial charge in [-0.1, -0.05) is 0 Å². The number of hydrogen-bond donors (Lipinski definition) is 9. The number of alkyl halides is 13. The van der Waals surface area contributed by atoms with Crippen molar-refractivity contribution in [3.63, 3.8) is 0 Å². The lowest BCUT2D eigenvalue weighted by Gasteiger charge is -2.42. The molecule has 1 heterocycles. The van der Waals surface area contributed by atoms with Crippen molar-refractivity contribution in [2.75, 3.05) is 19.8 Å². The average molecular weight is 717 g/mol. The van der Waals surface area contributed by atoms with Gasteiger partial charge in [0.1, 0.15) is 42.7 Å². The summed E-state index contributed by atoms with van der Waals surface area (Å²) < 4.78 is 181. The van der Waals surface area contributed by atoms with E-state index in [1.807, 2.05) is 0 Å². The predicted octanol–water partition coefficient (Wildman–Crippen LogP) is -1.12. The lowest BCUT2D eigenvalue weighted by Crippen LogP contribution is -2.70. The van der Waals surface area contributed by atoms with Crippen LogP contribution in [-0.4, -0.2) is 157 Å². The van der Waals surface area contributed by atoms with E-state index in [4.69, 9.17) is 9.47 Å². The molecule has 0 aromatic heterocycles. The van der Waals surface area contributed by atoms with E-state index >= 15 is 0 Å². The molecule has 9 N–H and O–H groups in total. The SMILES string of the molecule is O=C(NCCCC(F)(F)C(F)(F)C(F)(F)C(F)(F)C(F)(F)C(F)(F)F)[C@H](O)[C@@H](O)[C@H](O[C@@H]1O[C@H](CO)[C@H](O)[C@H](O)[C@H]1O)[C@H](O)CO. The molecule has 0 unspecified atom stereocenters. The van der Waals surface area contributed by atoms with Crippen LogP contribution < -0.4 is 5.32 Å². The van der Waals surface area contributed by atoms with E-state index < -0.39 is 129 Å². The molecule has 1 fully saturated rings. The van der Waals surface area contributed by atoms with Crippen molar-refractivity contribution in [2.45, 2.75) is 104 Å². The van der Waals surface area contributed by atoms with E-state index in [0.717, 1.165) is 0 Å². The van der Waals surface area contributed by atoms with Gasteiger partial charge in [0.2, 0.25) is 0 Å². The minimum Gasteiger partial charge on any atom is -0.394 e. The van der Waals surface area contributed by atoms with Crippen LogP contribution in [0.15, 0.2) is 0 Å². The Kier molecular flexibility index (Phi) is 13.5. The number of amides is 1. The zero-order valence-electron chi connectivity index (χ0n) is 22.4. The maximum atomic E-state index is 13.9.